The van der Waals surface area contributed by atoms with Crippen LogP contribution in [-0.2, 0) is 11.2 Å². The van der Waals surface area contributed by atoms with Gasteiger partial charge < -0.3 is 15.4 Å². The quantitative estimate of drug-likeness (QED) is 0.580. The third kappa shape index (κ3) is 5.39. The molecule has 5 nitrogen and oxygen atoms in total. The van der Waals surface area contributed by atoms with Crippen LogP contribution in [0, 0.1) is 0 Å². The Balaban J connectivity index is 1.69. The molecule has 0 spiro atoms. The molecule has 0 unspecified atom stereocenters. The molecule has 0 saturated heterocycles. The topological polar surface area (TPSA) is 67.4 Å². The van der Waals surface area contributed by atoms with Gasteiger partial charge in [0.25, 0.3) is 5.91 Å². The molecule has 0 saturated carbocycles. The van der Waals surface area contributed by atoms with Crippen molar-refractivity contribution in [2.24, 2.45) is 0 Å². The zero-order valence-corrected chi connectivity index (χ0v) is 17.6. The van der Waals surface area contributed by atoms with Gasteiger partial charge in [-0.15, -0.1) is 0 Å². The van der Waals surface area contributed by atoms with E-state index in [-0.39, 0.29) is 5.91 Å². The molecule has 0 heterocycles. The normalized spacial score (nSPS) is 11.4. The molecule has 0 fully saturated rings. The summed E-state index contributed by atoms with van der Waals surface area (Å²) in [6, 6.07) is 21.4. The van der Waals surface area contributed by atoms with Crippen molar-refractivity contribution < 1.29 is 14.3 Å². The van der Waals surface area contributed by atoms with E-state index < -0.39 is 11.9 Å². The van der Waals surface area contributed by atoms with Crippen LogP contribution in [0.5, 0.6) is 5.75 Å². The van der Waals surface area contributed by atoms with Gasteiger partial charge in [0.1, 0.15) is 11.8 Å². The Morgan fingerprint density at radius 2 is 1.70 bits per heavy atom. The van der Waals surface area contributed by atoms with Crippen molar-refractivity contribution in [1.29, 1.82) is 0 Å². The van der Waals surface area contributed by atoms with Crippen LogP contribution in [0.2, 0.25) is 5.02 Å². The van der Waals surface area contributed by atoms with Crippen molar-refractivity contribution in [2.75, 3.05) is 12.4 Å². The molecule has 154 valence electrons. The van der Waals surface area contributed by atoms with E-state index in [1.54, 1.807) is 44.4 Å². The second-order valence-corrected chi connectivity index (χ2v) is 7.26. The second-order valence-electron chi connectivity index (χ2n) is 6.85. The number of anilines is 1. The molecule has 0 aliphatic heterocycles. The predicted octanol–water partition coefficient (Wildman–Crippen LogP) is 4.70. The number of benzene rings is 3. The molecular weight excluding hydrogens is 400 g/mol. The monoisotopic (exact) mass is 422 g/mol. The fraction of sp³-hybridized carbons (Fsp3) is 0.167. The molecule has 0 aliphatic rings. The molecule has 0 aliphatic carbocycles. The van der Waals surface area contributed by atoms with E-state index in [0.717, 1.165) is 16.9 Å². The van der Waals surface area contributed by atoms with E-state index in [0.29, 0.717) is 22.7 Å². The molecule has 2 amide bonds. The summed E-state index contributed by atoms with van der Waals surface area (Å²) < 4.78 is 5.46. The van der Waals surface area contributed by atoms with Crippen LogP contribution < -0.4 is 15.4 Å². The fourth-order valence-corrected chi connectivity index (χ4v) is 3.27. The minimum absolute atomic E-state index is 0.327. The zero-order chi connectivity index (χ0) is 21.5. The smallest absolute Gasteiger partial charge is 0.253 e. The van der Waals surface area contributed by atoms with Gasteiger partial charge in [-0.3, -0.25) is 9.59 Å². The predicted molar refractivity (Wildman–Crippen MR) is 119 cm³/mol. The lowest BCUT2D eigenvalue weighted by atomic mass is 10.0. The van der Waals surface area contributed by atoms with Crippen molar-refractivity contribution >= 4 is 29.1 Å². The number of amides is 2. The third-order valence-corrected chi connectivity index (χ3v) is 4.97. The Kier molecular flexibility index (Phi) is 7.09. The second kappa shape index (κ2) is 9.94. The molecule has 0 bridgehead atoms. The van der Waals surface area contributed by atoms with Crippen molar-refractivity contribution in [3.8, 4) is 5.75 Å². The van der Waals surface area contributed by atoms with Gasteiger partial charge >= 0.3 is 0 Å². The van der Waals surface area contributed by atoms with Crippen molar-refractivity contribution in [1.82, 2.24) is 5.32 Å². The summed E-state index contributed by atoms with van der Waals surface area (Å²) in [7, 11) is 1.62. The average Bonchev–Trinajstić information content (AvgIpc) is 2.75. The lowest BCUT2D eigenvalue weighted by Gasteiger charge is -2.16. The number of rotatable bonds is 7. The Morgan fingerprint density at radius 1 is 1.00 bits per heavy atom. The largest absolute Gasteiger partial charge is 0.496 e. The minimum atomic E-state index is -0.742. The van der Waals surface area contributed by atoms with Crippen LogP contribution >= 0.6 is 11.6 Å². The minimum Gasteiger partial charge on any atom is -0.496 e. The summed E-state index contributed by atoms with van der Waals surface area (Å²) in [5.74, 6) is 0.0194. The maximum Gasteiger partial charge on any atom is 0.253 e. The maximum absolute atomic E-state index is 12.6. The molecule has 0 aromatic heterocycles. The summed E-state index contributed by atoms with van der Waals surface area (Å²) in [5, 5.41) is 5.86. The molecule has 3 rings (SSSR count). The lowest BCUT2D eigenvalue weighted by molar-refractivity contribution is -0.117. The van der Waals surface area contributed by atoms with Crippen LogP contribution in [0.4, 0.5) is 5.69 Å². The highest BCUT2D eigenvalue weighted by molar-refractivity contribution is 6.33. The van der Waals surface area contributed by atoms with Crippen molar-refractivity contribution in [3.63, 3.8) is 0 Å². The molecule has 30 heavy (non-hydrogen) atoms. The molecular formula is C24H23ClN2O3. The van der Waals surface area contributed by atoms with Gasteiger partial charge in [-0.2, -0.15) is 0 Å². The van der Waals surface area contributed by atoms with Gasteiger partial charge in [-0.25, -0.2) is 0 Å². The van der Waals surface area contributed by atoms with E-state index in [4.69, 9.17) is 16.3 Å². The van der Waals surface area contributed by atoms with Gasteiger partial charge in [0.05, 0.1) is 17.7 Å². The van der Waals surface area contributed by atoms with Crippen LogP contribution in [-0.4, -0.2) is 25.0 Å². The summed E-state index contributed by atoms with van der Waals surface area (Å²) in [6.07, 6.45) is 0.673. The van der Waals surface area contributed by atoms with Gasteiger partial charge in [-0.05, 0) is 42.8 Å². The first-order valence-corrected chi connectivity index (χ1v) is 9.93. The first-order chi connectivity index (χ1) is 14.5. The Labute approximate surface area is 181 Å². The summed E-state index contributed by atoms with van der Waals surface area (Å²) in [4.78, 5) is 25.0. The number of nitrogens with one attached hydrogen (secondary N) is 2. The highest BCUT2D eigenvalue weighted by atomic mass is 35.5. The molecule has 2 N–H and O–H groups in total. The number of ether oxygens (including phenoxy) is 1. The molecule has 6 heteroatoms. The summed E-state index contributed by atoms with van der Waals surface area (Å²) in [5.41, 5.74) is 3.05. The van der Waals surface area contributed by atoms with Gasteiger partial charge in [0.15, 0.2) is 0 Å². The Morgan fingerprint density at radius 3 is 2.40 bits per heavy atom. The lowest BCUT2D eigenvalue weighted by Crippen LogP contribution is -2.41. The van der Waals surface area contributed by atoms with E-state index >= 15 is 0 Å². The van der Waals surface area contributed by atoms with Crippen molar-refractivity contribution in [3.05, 3.63) is 94.5 Å². The number of carbonyl (C=O) groups is 2. The summed E-state index contributed by atoms with van der Waals surface area (Å²) in [6.45, 7) is 1.62. The standard InChI is InChI=1S/C24H23ClN2O3/c1-16(26-24(29)20-10-6-7-11-21(20)25)23(28)27-19-12-13-22(30-2)18(15-19)14-17-8-4-3-5-9-17/h3-13,15-16H,14H2,1-2H3,(H,26,29)(H,27,28)/t16-/m0/s1. The number of methoxy groups -OCH3 is 1. The third-order valence-electron chi connectivity index (χ3n) is 4.64. The molecule has 0 radical (unpaired) electrons. The van der Waals surface area contributed by atoms with E-state index in [1.165, 1.54) is 0 Å². The number of hydrogen-bond donors (Lipinski definition) is 2. The number of carbonyl (C=O) groups excluding carboxylic acids is 2. The zero-order valence-electron chi connectivity index (χ0n) is 16.8. The van der Waals surface area contributed by atoms with Crippen LogP contribution in [0.1, 0.15) is 28.4 Å². The molecule has 3 aromatic rings. The molecule has 3 aromatic carbocycles. The number of halogens is 1. The van der Waals surface area contributed by atoms with Crippen molar-refractivity contribution in [2.45, 2.75) is 19.4 Å². The van der Waals surface area contributed by atoms with E-state index in [9.17, 15) is 9.59 Å². The Bertz CT molecular complexity index is 1040. The van der Waals surface area contributed by atoms with E-state index in [1.807, 2.05) is 42.5 Å². The van der Waals surface area contributed by atoms with Gasteiger partial charge in [0, 0.05) is 17.7 Å². The number of hydrogen-bond acceptors (Lipinski definition) is 3. The van der Waals surface area contributed by atoms with E-state index in [2.05, 4.69) is 10.6 Å². The van der Waals surface area contributed by atoms with Crippen LogP contribution in [0.25, 0.3) is 0 Å². The molecule has 1 atom stereocenters. The van der Waals surface area contributed by atoms with Gasteiger partial charge in [0.2, 0.25) is 5.91 Å². The summed E-state index contributed by atoms with van der Waals surface area (Å²) >= 11 is 6.05. The average molecular weight is 423 g/mol. The van der Waals surface area contributed by atoms with Gasteiger partial charge in [-0.1, -0.05) is 54.1 Å². The first kappa shape index (κ1) is 21.4. The maximum atomic E-state index is 12.6. The highest BCUT2D eigenvalue weighted by Gasteiger charge is 2.18. The highest BCUT2D eigenvalue weighted by Crippen LogP contribution is 2.25. The first-order valence-electron chi connectivity index (χ1n) is 9.55. The Hall–Kier alpha value is -3.31. The van der Waals surface area contributed by atoms with Crippen LogP contribution in [0.3, 0.4) is 0 Å². The SMILES string of the molecule is COc1ccc(NC(=O)[C@H](C)NC(=O)c2ccccc2Cl)cc1Cc1ccccc1. The van der Waals surface area contributed by atoms with Crippen LogP contribution in [0.15, 0.2) is 72.8 Å². The fourth-order valence-electron chi connectivity index (χ4n) is 3.05.